The summed E-state index contributed by atoms with van der Waals surface area (Å²) in [6, 6.07) is 22.3. The third-order valence-corrected chi connectivity index (χ3v) is 3.29. The first-order valence-corrected chi connectivity index (χ1v) is 6.50. The Labute approximate surface area is 118 Å². The van der Waals surface area contributed by atoms with Crippen LogP contribution in [-0.2, 0) is 0 Å². The van der Waals surface area contributed by atoms with Crippen molar-refractivity contribution in [3.63, 3.8) is 0 Å². The maximum atomic E-state index is 7.17. The van der Waals surface area contributed by atoms with Crippen LogP contribution < -0.4 is 0 Å². The molecule has 0 amide bonds. The first-order valence-electron chi connectivity index (χ1n) is 6.50. The Kier molecular flexibility index (Phi) is 3.31. The van der Waals surface area contributed by atoms with Gasteiger partial charge in [0.25, 0.3) is 0 Å². The van der Waals surface area contributed by atoms with Gasteiger partial charge in [0, 0.05) is 0 Å². The number of hydrogen-bond donors (Lipinski definition) is 0. The van der Waals surface area contributed by atoms with Crippen LogP contribution in [0.1, 0.15) is 11.1 Å². The van der Waals surface area contributed by atoms with Crippen LogP contribution in [-0.4, -0.2) is 0 Å². The summed E-state index contributed by atoms with van der Waals surface area (Å²) in [7, 11) is 0. The summed E-state index contributed by atoms with van der Waals surface area (Å²) < 4.78 is 0. The van der Waals surface area contributed by atoms with Gasteiger partial charge in [-0.2, -0.15) is 0 Å². The third-order valence-electron chi connectivity index (χ3n) is 3.29. The fourth-order valence-electron chi connectivity index (χ4n) is 2.23. The highest BCUT2D eigenvalue weighted by Gasteiger charge is 1.97. The van der Waals surface area contributed by atoms with E-state index in [0.717, 1.165) is 11.1 Å². The molecule has 0 aliphatic carbocycles. The number of fused-ring (bicyclic) bond motifs is 1. The fraction of sp³-hybridized carbons (Fsp3) is 0. The van der Waals surface area contributed by atoms with E-state index >= 15 is 0 Å². The lowest BCUT2D eigenvalue weighted by Gasteiger charge is -2.00. The molecule has 0 N–H and O–H groups in total. The molecule has 1 nitrogen and oxygen atoms in total. The van der Waals surface area contributed by atoms with Crippen molar-refractivity contribution >= 4 is 28.6 Å². The van der Waals surface area contributed by atoms with E-state index in [1.54, 1.807) is 0 Å². The average Bonchev–Trinajstić information content (AvgIpc) is 2.53. The predicted octanol–water partition coefficient (Wildman–Crippen LogP) is 5.56. The summed E-state index contributed by atoms with van der Waals surface area (Å²) in [4.78, 5) is 3.53. The summed E-state index contributed by atoms with van der Waals surface area (Å²) >= 11 is 0. The number of nitrogens with zero attached hydrogens (tertiary/aromatic N) is 1. The van der Waals surface area contributed by atoms with Gasteiger partial charge in [0.2, 0.25) is 0 Å². The van der Waals surface area contributed by atoms with Crippen molar-refractivity contribution in [3.8, 4) is 0 Å². The third kappa shape index (κ3) is 2.46. The molecule has 0 radical (unpaired) electrons. The highest BCUT2D eigenvalue weighted by Crippen LogP contribution is 2.22. The highest BCUT2D eigenvalue weighted by molar-refractivity contribution is 5.86. The maximum Gasteiger partial charge on any atom is 0.194 e. The number of hydrogen-bond acceptors (Lipinski definition) is 0. The van der Waals surface area contributed by atoms with Crippen molar-refractivity contribution in [2.75, 3.05) is 0 Å². The first kappa shape index (κ1) is 12.2. The monoisotopic (exact) mass is 255 g/mol. The summed E-state index contributed by atoms with van der Waals surface area (Å²) in [5, 5.41) is 2.47. The Balaban J connectivity index is 1.96. The molecule has 0 saturated carbocycles. The molecule has 0 aliphatic heterocycles. The molecule has 0 aromatic heterocycles. The molecule has 3 aromatic rings. The average molecular weight is 255 g/mol. The minimum atomic E-state index is 0.685. The minimum Gasteiger partial charge on any atom is -0.238 e. The quantitative estimate of drug-likeness (QED) is 0.417. The SMILES string of the molecule is [C-]#[N+]c1ccccc1/C=C/c1ccc2ccccc2c1. The van der Waals surface area contributed by atoms with Crippen molar-refractivity contribution in [2.45, 2.75) is 0 Å². The van der Waals surface area contributed by atoms with E-state index < -0.39 is 0 Å². The van der Waals surface area contributed by atoms with Crippen LogP contribution in [0, 0.1) is 6.57 Å². The van der Waals surface area contributed by atoms with E-state index in [0.29, 0.717) is 5.69 Å². The molecule has 0 heterocycles. The molecule has 0 fully saturated rings. The molecule has 0 bridgehead atoms. The van der Waals surface area contributed by atoms with E-state index in [4.69, 9.17) is 6.57 Å². The van der Waals surface area contributed by atoms with Crippen LogP contribution in [0.4, 0.5) is 5.69 Å². The van der Waals surface area contributed by atoms with Crippen LogP contribution in [0.15, 0.2) is 66.7 Å². The van der Waals surface area contributed by atoms with Gasteiger partial charge in [-0.15, -0.1) is 0 Å². The molecule has 94 valence electrons. The standard InChI is InChI=1S/C19H13N/c1-20-19-9-5-4-7-17(19)13-11-15-10-12-16-6-2-3-8-18(16)14-15/h2-14H/b13-11+. The van der Waals surface area contributed by atoms with Gasteiger partial charge in [-0.1, -0.05) is 72.8 Å². The van der Waals surface area contributed by atoms with Gasteiger partial charge in [0.15, 0.2) is 5.69 Å². The van der Waals surface area contributed by atoms with Crippen LogP contribution in [0.5, 0.6) is 0 Å². The van der Waals surface area contributed by atoms with Crippen molar-refractivity contribution < 1.29 is 0 Å². The molecule has 3 aromatic carbocycles. The van der Waals surface area contributed by atoms with E-state index in [1.165, 1.54) is 10.8 Å². The van der Waals surface area contributed by atoms with E-state index in [2.05, 4.69) is 41.3 Å². The number of benzene rings is 3. The summed E-state index contributed by atoms with van der Waals surface area (Å²) in [5.41, 5.74) is 2.78. The molecule has 20 heavy (non-hydrogen) atoms. The zero-order valence-electron chi connectivity index (χ0n) is 11.0. The second kappa shape index (κ2) is 5.42. The van der Waals surface area contributed by atoms with Crippen molar-refractivity contribution in [1.29, 1.82) is 0 Å². The second-order valence-electron chi connectivity index (χ2n) is 4.61. The molecule has 0 saturated heterocycles. The van der Waals surface area contributed by atoms with Gasteiger partial charge in [0.1, 0.15) is 0 Å². The molecule has 0 unspecified atom stereocenters. The van der Waals surface area contributed by atoms with E-state index in [-0.39, 0.29) is 0 Å². The Bertz CT molecular complexity index is 822. The maximum absolute atomic E-state index is 7.17. The lowest BCUT2D eigenvalue weighted by Crippen LogP contribution is -1.76. The predicted molar refractivity (Wildman–Crippen MR) is 85.6 cm³/mol. The number of para-hydroxylation sites is 1. The first-order chi connectivity index (χ1) is 9.86. The second-order valence-corrected chi connectivity index (χ2v) is 4.61. The van der Waals surface area contributed by atoms with Crippen LogP contribution in [0.25, 0.3) is 27.8 Å². The van der Waals surface area contributed by atoms with Crippen molar-refractivity contribution in [3.05, 3.63) is 89.3 Å². The minimum absolute atomic E-state index is 0.685. The van der Waals surface area contributed by atoms with Gasteiger partial charge in [-0.3, -0.25) is 0 Å². The van der Waals surface area contributed by atoms with Crippen LogP contribution in [0.2, 0.25) is 0 Å². The van der Waals surface area contributed by atoms with Gasteiger partial charge < -0.3 is 0 Å². The molecular formula is C19H13N. The van der Waals surface area contributed by atoms with E-state index in [1.807, 2.05) is 42.5 Å². The summed E-state index contributed by atoms with van der Waals surface area (Å²) in [6.45, 7) is 7.17. The van der Waals surface area contributed by atoms with Gasteiger partial charge >= 0.3 is 0 Å². The smallest absolute Gasteiger partial charge is 0.194 e. The fourth-order valence-corrected chi connectivity index (χ4v) is 2.23. The van der Waals surface area contributed by atoms with Crippen LogP contribution >= 0.6 is 0 Å². The van der Waals surface area contributed by atoms with Gasteiger partial charge in [0.05, 0.1) is 6.57 Å². The van der Waals surface area contributed by atoms with Gasteiger partial charge in [-0.25, -0.2) is 4.85 Å². The number of rotatable bonds is 2. The Morgan fingerprint density at radius 3 is 2.35 bits per heavy atom. The molecule has 3 rings (SSSR count). The van der Waals surface area contributed by atoms with Crippen LogP contribution in [0.3, 0.4) is 0 Å². The Hall–Kier alpha value is -2.85. The molecule has 0 atom stereocenters. The largest absolute Gasteiger partial charge is 0.238 e. The lowest BCUT2D eigenvalue weighted by atomic mass is 10.1. The molecule has 0 aliphatic rings. The zero-order chi connectivity index (χ0) is 13.8. The molecular weight excluding hydrogens is 242 g/mol. The summed E-state index contributed by atoms with van der Waals surface area (Å²) in [5.74, 6) is 0. The normalized spacial score (nSPS) is 10.8. The molecule has 1 heteroatoms. The Morgan fingerprint density at radius 1 is 0.750 bits per heavy atom. The highest BCUT2D eigenvalue weighted by atomic mass is 14.6. The molecule has 0 spiro atoms. The van der Waals surface area contributed by atoms with Gasteiger partial charge in [-0.05, 0) is 28.0 Å². The van der Waals surface area contributed by atoms with Crippen molar-refractivity contribution in [2.24, 2.45) is 0 Å². The summed E-state index contributed by atoms with van der Waals surface area (Å²) in [6.07, 6.45) is 4.05. The van der Waals surface area contributed by atoms with E-state index in [9.17, 15) is 0 Å². The Morgan fingerprint density at radius 2 is 1.50 bits per heavy atom. The zero-order valence-corrected chi connectivity index (χ0v) is 11.0. The lowest BCUT2D eigenvalue weighted by molar-refractivity contribution is 1.66. The van der Waals surface area contributed by atoms with Crippen molar-refractivity contribution in [1.82, 2.24) is 0 Å². The topological polar surface area (TPSA) is 4.36 Å².